The standard InChI is InChI=1S/C8H7N2O2S/c11-9-5-6-10(12,13)8-4-2-1-3-7(8)9/h1-6,13H/q-1. The van der Waals surface area contributed by atoms with Crippen LogP contribution in [0.5, 0.6) is 0 Å². The van der Waals surface area contributed by atoms with Crippen LogP contribution < -0.4 is 9.11 Å². The Bertz CT molecular complexity index is 365. The van der Waals surface area contributed by atoms with Crippen molar-refractivity contribution in [1.82, 2.24) is 4.05 Å². The highest BCUT2D eigenvalue weighted by molar-refractivity contribution is 7.80. The van der Waals surface area contributed by atoms with Gasteiger partial charge in [0.05, 0.1) is 18.5 Å². The number of hydrogen-bond acceptors (Lipinski definition) is 4. The molecular formula is C8H7N2O2S-. The van der Waals surface area contributed by atoms with Gasteiger partial charge in [-0.25, -0.2) is 4.05 Å². The number of fused-ring (bicyclic) bond motifs is 1. The first kappa shape index (κ1) is 8.58. The highest BCUT2D eigenvalue weighted by Gasteiger charge is 2.21. The summed E-state index contributed by atoms with van der Waals surface area (Å²) in [5.41, 5.74) is 0.679. The van der Waals surface area contributed by atoms with Crippen molar-refractivity contribution in [2.45, 2.75) is 0 Å². The SMILES string of the molecule is [O-]N1C=C[N+]([O-])(S)c2ccccc21. The molecule has 1 aliphatic heterocycles. The van der Waals surface area contributed by atoms with Gasteiger partial charge in [-0.3, -0.25) is 0 Å². The summed E-state index contributed by atoms with van der Waals surface area (Å²) in [6, 6.07) is 6.58. The molecule has 0 N–H and O–H groups in total. The van der Waals surface area contributed by atoms with Gasteiger partial charge < -0.3 is 15.5 Å². The van der Waals surface area contributed by atoms with Crippen LogP contribution in [0.2, 0.25) is 0 Å². The highest BCUT2D eigenvalue weighted by Crippen LogP contribution is 2.38. The predicted molar refractivity (Wildman–Crippen MR) is 55.6 cm³/mol. The second-order valence-electron chi connectivity index (χ2n) is 2.74. The number of hydrogen-bond donors (Lipinski definition) is 1. The maximum atomic E-state index is 11.6. The lowest BCUT2D eigenvalue weighted by atomic mass is 10.2. The lowest BCUT2D eigenvalue weighted by molar-refractivity contribution is 0.794. The van der Waals surface area contributed by atoms with E-state index in [0.29, 0.717) is 16.4 Å². The van der Waals surface area contributed by atoms with Gasteiger partial charge in [0, 0.05) is 12.3 Å². The number of benzene rings is 1. The van der Waals surface area contributed by atoms with Crippen LogP contribution in [0, 0.1) is 10.4 Å². The number of anilines is 1. The molecule has 0 radical (unpaired) electrons. The van der Waals surface area contributed by atoms with Gasteiger partial charge in [-0.15, -0.1) is 0 Å². The Morgan fingerprint density at radius 2 is 2.00 bits per heavy atom. The number of nitrogens with zero attached hydrogens (tertiary/aromatic N) is 2. The smallest absolute Gasteiger partial charge is 0.172 e. The van der Waals surface area contributed by atoms with E-state index in [1.165, 1.54) is 12.4 Å². The lowest BCUT2D eigenvalue weighted by Crippen LogP contribution is -2.30. The molecule has 4 nitrogen and oxygen atoms in total. The maximum Gasteiger partial charge on any atom is 0.172 e. The van der Waals surface area contributed by atoms with Gasteiger partial charge >= 0.3 is 0 Å². The van der Waals surface area contributed by atoms with Crippen molar-refractivity contribution in [2.75, 3.05) is 5.06 Å². The summed E-state index contributed by atoms with van der Waals surface area (Å²) < 4.78 is -0.936. The van der Waals surface area contributed by atoms with Gasteiger partial charge in [0.25, 0.3) is 0 Å². The third kappa shape index (κ3) is 1.31. The number of quaternary nitrogens is 1. The molecule has 2 rings (SSSR count). The van der Waals surface area contributed by atoms with Crippen molar-refractivity contribution < 1.29 is 0 Å². The Morgan fingerprint density at radius 1 is 1.31 bits per heavy atom. The van der Waals surface area contributed by atoms with Gasteiger partial charge in [0.1, 0.15) is 6.20 Å². The van der Waals surface area contributed by atoms with Crippen molar-refractivity contribution >= 4 is 24.2 Å². The van der Waals surface area contributed by atoms with E-state index in [9.17, 15) is 10.4 Å². The average molecular weight is 195 g/mol. The van der Waals surface area contributed by atoms with Crippen molar-refractivity contribution in [3.8, 4) is 0 Å². The van der Waals surface area contributed by atoms with Crippen LogP contribution in [0.25, 0.3) is 0 Å². The van der Waals surface area contributed by atoms with Crippen molar-refractivity contribution in [3.05, 3.63) is 47.1 Å². The molecule has 0 saturated carbocycles. The third-order valence-electron chi connectivity index (χ3n) is 1.87. The Hall–Kier alpha value is -1.01. The topological polar surface area (TPSA) is 49.4 Å². The van der Waals surface area contributed by atoms with E-state index < -0.39 is 4.05 Å². The molecule has 1 aromatic rings. The Morgan fingerprint density at radius 3 is 2.69 bits per heavy atom. The van der Waals surface area contributed by atoms with Gasteiger partial charge in [-0.1, -0.05) is 12.1 Å². The number of hydroxylamine groups is 2. The molecule has 1 atom stereocenters. The number of para-hydroxylation sites is 2. The summed E-state index contributed by atoms with van der Waals surface area (Å²) in [4.78, 5) is 0. The molecule has 68 valence electrons. The zero-order valence-electron chi connectivity index (χ0n) is 6.62. The fourth-order valence-corrected chi connectivity index (χ4v) is 1.46. The summed E-state index contributed by atoms with van der Waals surface area (Å²) in [6.45, 7) is 0. The largest absolute Gasteiger partial charge is 0.754 e. The van der Waals surface area contributed by atoms with Crippen molar-refractivity contribution in [1.29, 1.82) is 0 Å². The van der Waals surface area contributed by atoms with Crippen LogP contribution in [-0.4, -0.2) is 0 Å². The Kier molecular flexibility index (Phi) is 1.81. The molecule has 1 aromatic carbocycles. The van der Waals surface area contributed by atoms with Crippen LogP contribution >= 0.6 is 12.8 Å². The molecule has 0 aliphatic carbocycles. The second-order valence-corrected chi connectivity index (χ2v) is 3.33. The van der Waals surface area contributed by atoms with Gasteiger partial charge in [-0.05, 0) is 6.07 Å². The van der Waals surface area contributed by atoms with Gasteiger partial charge in [0.15, 0.2) is 5.69 Å². The Balaban J connectivity index is 2.61. The minimum absolute atomic E-state index is 0.336. The summed E-state index contributed by atoms with van der Waals surface area (Å²) >= 11 is 3.87. The molecule has 0 amide bonds. The summed E-state index contributed by atoms with van der Waals surface area (Å²) in [7, 11) is 0. The Labute approximate surface area is 81.0 Å². The van der Waals surface area contributed by atoms with E-state index in [2.05, 4.69) is 12.8 Å². The van der Waals surface area contributed by atoms with Crippen LogP contribution in [-0.2, 0) is 0 Å². The fraction of sp³-hybridized carbons (Fsp3) is 0. The first-order valence-electron chi connectivity index (χ1n) is 3.69. The van der Waals surface area contributed by atoms with E-state index >= 15 is 0 Å². The second kappa shape index (κ2) is 2.74. The molecule has 1 aliphatic rings. The molecule has 0 aromatic heterocycles. The minimum Gasteiger partial charge on any atom is -0.754 e. The summed E-state index contributed by atoms with van der Waals surface area (Å²) in [6.07, 6.45) is 2.35. The third-order valence-corrected chi connectivity index (χ3v) is 2.22. The molecule has 1 heterocycles. The van der Waals surface area contributed by atoms with E-state index in [1.54, 1.807) is 24.3 Å². The number of thiol groups is 1. The van der Waals surface area contributed by atoms with Crippen molar-refractivity contribution in [3.63, 3.8) is 0 Å². The van der Waals surface area contributed by atoms with Crippen LogP contribution in [0.1, 0.15) is 0 Å². The first-order valence-corrected chi connectivity index (χ1v) is 4.09. The summed E-state index contributed by atoms with van der Waals surface area (Å²) in [5.74, 6) is 0. The molecule has 0 spiro atoms. The molecule has 13 heavy (non-hydrogen) atoms. The monoisotopic (exact) mass is 195 g/mol. The van der Waals surface area contributed by atoms with E-state index in [1.807, 2.05) is 0 Å². The molecule has 0 saturated heterocycles. The van der Waals surface area contributed by atoms with Crippen molar-refractivity contribution in [2.24, 2.45) is 0 Å². The average Bonchev–Trinajstić information content (AvgIpc) is 2.13. The molecule has 0 fully saturated rings. The molecule has 1 unspecified atom stereocenters. The minimum atomic E-state index is -0.936. The molecule has 0 bridgehead atoms. The summed E-state index contributed by atoms with van der Waals surface area (Å²) in [5, 5.41) is 23.5. The fourth-order valence-electron chi connectivity index (χ4n) is 1.23. The van der Waals surface area contributed by atoms with E-state index in [-0.39, 0.29) is 0 Å². The molecule has 5 heteroatoms. The quantitative estimate of drug-likeness (QED) is 0.392. The lowest BCUT2D eigenvalue weighted by Gasteiger charge is -2.40. The number of rotatable bonds is 0. The normalized spacial score (nSPS) is 25.9. The van der Waals surface area contributed by atoms with E-state index in [0.717, 1.165) is 0 Å². The van der Waals surface area contributed by atoms with Crippen LogP contribution in [0.4, 0.5) is 11.4 Å². The van der Waals surface area contributed by atoms with Gasteiger partial charge in [-0.2, -0.15) is 0 Å². The highest BCUT2D eigenvalue weighted by atomic mass is 32.1. The zero-order chi connectivity index (χ0) is 9.47. The van der Waals surface area contributed by atoms with Crippen LogP contribution in [0.15, 0.2) is 36.7 Å². The van der Waals surface area contributed by atoms with E-state index in [4.69, 9.17) is 0 Å². The van der Waals surface area contributed by atoms with Crippen LogP contribution in [0.3, 0.4) is 0 Å². The maximum absolute atomic E-state index is 11.6. The molecular weight excluding hydrogens is 188 g/mol. The zero-order valence-corrected chi connectivity index (χ0v) is 7.52. The van der Waals surface area contributed by atoms with Gasteiger partial charge in [0.2, 0.25) is 0 Å². The first-order chi connectivity index (χ1) is 6.11. The predicted octanol–water partition coefficient (Wildman–Crippen LogP) is 2.13.